The van der Waals surface area contributed by atoms with Crippen molar-refractivity contribution < 1.29 is 23.5 Å². The number of ketones is 1. The minimum Gasteiger partial charge on any atom is -0.503 e. The molecule has 0 aliphatic carbocycles. The highest BCUT2D eigenvalue weighted by Gasteiger charge is 2.46. The van der Waals surface area contributed by atoms with Crippen molar-refractivity contribution in [3.8, 4) is 0 Å². The van der Waals surface area contributed by atoms with Gasteiger partial charge < -0.3 is 5.11 Å². The molecule has 0 radical (unpaired) electrons. The van der Waals surface area contributed by atoms with Crippen LogP contribution in [0.3, 0.4) is 0 Å². The zero-order chi connectivity index (χ0) is 26.6. The molecule has 5 rings (SSSR count). The molecular weight excluding hydrogens is 528 g/mol. The fraction of sp³-hybridized carbons (Fsp3) is 0.0714. The molecule has 4 aromatic rings. The summed E-state index contributed by atoms with van der Waals surface area (Å²) in [4.78, 5) is 27.6. The van der Waals surface area contributed by atoms with Crippen LogP contribution in [-0.4, -0.2) is 27.0 Å². The molecule has 38 heavy (non-hydrogen) atoms. The average Bonchev–Trinajstić information content (AvgIpc) is 3.50. The molecule has 1 N–H and O–H groups in total. The number of benzene rings is 3. The largest absolute Gasteiger partial charge is 0.503 e. The Morgan fingerprint density at radius 2 is 1.71 bits per heavy atom. The van der Waals surface area contributed by atoms with Crippen molar-refractivity contribution in [2.24, 2.45) is 0 Å². The Morgan fingerprint density at radius 1 is 1.00 bits per heavy atom. The highest BCUT2D eigenvalue weighted by molar-refractivity contribution is 8.00. The summed E-state index contributed by atoms with van der Waals surface area (Å²) in [5.41, 5.74) is 1.41. The molecule has 0 saturated heterocycles. The predicted octanol–water partition coefficient (Wildman–Crippen LogP) is 6.29. The molecule has 10 heteroatoms. The van der Waals surface area contributed by atoms with E-state index in [9.17, 15) is 23.5 Å². The van der Waals surface area contributed by atoms with E-state index in [1.165, 1.54) is 48.2 Å². The zero-order valence-electron chi connectivity index (χ0n) is 19.6. The van der Waals surface area contributed by atoms with Crippen molar-refractivity contribution in [2.45, 2.75) is 16.1 Å². The lowest BCUT2D eigenvalue weighted by atomic mass is 9.95. The van der Waals surface area contributed by atoms with Gasteiger partial charge in [-0.1, -0.05) is 89.8 Å². The van der Waals surface area contributed by atoms with Crippen LogP contribution in [0, 0.1) is 11.6 Å². The molecule has 6 nitrogen and oxygen atoms in total. The monoisotopic (exact) mass is 547 g/mol. The van der Waals surface area contributed by atoms with Gasteiger partial charge in [-0.25, -0.2) is 8.78 Å². The lowest BCUT2D eigenvalue weighted by Gasteiger charge is -2.24. The molecule has 2 heterocycles. The highest BCUT2D eigenvalue weighted by atomic mass is 32.2. The van der Waals surface area contributed by atoms with E-state index in [4.69, 9.17) is 0 Å². The van der Waals surface area contributed by atoms with E-state index in [0.717, 1.165) is 27.4 Å². The van der Waals surface area contributed by atoms with Gasteiger partial charge in [0, 0.05) is 11.3 Å². The van der Waals surface area contributed by atoms with E-state index in [-0.39, 0.29) is 22.1 Å². The number of aromatic nitrogens is 2. The number of halogens is 2. The number of allylic oxidation sites excluding steroid dienone is 1. The summed E-state index contributed by atoms with van der Waals surface area (Å²) in [7, 11) is 0. The summed E-state index contributed by atoms with van der Waals surface area (Å²) < 4.78 is 28.7. The number of hydrogen-bond donors (Lipinski definition) is 1. The number of amides is 1. The summed E-state index contributed by atoms with van der Waals surface area (Å²) in [5.74, 6) is -2.77. The van der Waals surface area contributed by atoms with Crippen LogP contribution in [0.1, 0.15) is 22.7 Å². The highest BCUT2D eigenvalue weighted by Crippen LogP contribution is 2.44. The molecule has 1 aliphatic rings. The predicted molar refractivity (Wildman–Crippen MR) is 143 cm³/mol. The number of anilines is 1. The maximum absolute atomic E-state index is 15.0. The Hall–Kier alpha value is -4.15. The average molecular weight is 548 g/mol. The van der Waals surface area contributed by atoms with Gasteiger partial charge in [-0.05, 0) is 35.4 Å². The first-order valence-electron chi connectivity index (χ1n) is 11.4. The number of thioether (sulfide) groups is 1. The van der Waals surface area contributed by atoms with E-state index >= 15 is 0 Å². The summed E-state index contributed by atoms with van der Waals surface area (Å²) in [6.07, 6.45) is 2.80. The number of aliphatic hydroxyl groups is 1. The number of carbonyl (C=O) groups excluding carboxylic acids is 2. The number of rotatable bonds is 8. The lowest BCUT2D eigenvalue weighted by Crippen LogP contribution is -2.31. The van der Waals surface area contributed by atoms with Crippen LogP contribution in [0.4, 0.5) is 13.9 Å². The van der Waals surface area contributed by atoms with E-state index in [0.29, 0.717) is 10.1 Å². The molecular formula is C28H19F2N3O3S2. The van der Waals surface area contributed by atoms with Crippen molar-refractivity contribution in [3.63, 3.8) is 0 Å². The second kappa shape index (κ2) is 11.1. The molecule has 1 aliphatic heterocycles. The molecule has 1 atom stereocenters. The van der Waals surface area contributed by atoms with Crippen LogP contribution in [0.15, 0.2) is 101 Å². The Balaban J connectivity index is 1.46. The summed E-state index contributed by atoms with van der Waals surface area (Å²) in [6, 6.07) is 19.6. The summed E-state index contributed by atoms with van der Waals surface area (Å²) >= 11 is 2.40. The van der Waals surface area contributed by atoms with Crippen LogP contribution in [0.2, 0.25) is 0 Å². The Bertz CT molecular complexity index is 1550. The van der Waals surface area contributed by atoms with Crippen molar-refractivity contribution in [1.82, 2.24) is 10.2 Å². The fourth-order valence-electron chi connectivity index (χ4n) is 3.96. The molecule has 0 fully saturated rings. The van der Waals surface area contributed by atoms with Crippen molar-refractivity contribution in [3.05, 3.63) is 125 Å². The first-order valence-corrected chi connectivity index (χ1v) is 13.2. The second-order valence-corrected chi connectivity index (χ2v) is 10.4. The normalized spacial score (nSPS) is 15.6. The van der Waals surface area contributed by atoms with E-state index in [1.54, 1.807) is 36.4 Å². The Morgan fingerprint density at radius 3 is 2.45 bits per heavy atom. The molecule has 1 aromatic heterocycles. The number of carbonyl (C=O) groups is 2. The molecule has 0 bridgehead atoms. The Labute approximate surface area is 225 Å². The van der Waals surface area contributed by atoms with E-state index < -0.39 is 29.3 Å². The molecule has 3 aromatic carbocycles. The van der Waals surface area contributed by atoms with Crippen LogP contribution in [-0.2, 0) is 15.3 Å². The van der Waals surface area contributed by atoms with Gasteiger partial charge in [0.25, 0.3) is 5.91 Å². The maximum Gasteiger partial charge on any atom is 0.296 e. The van der Waals surface area contributed by atoms with Gasteiger partial charge in [0.15, 0.2) is 15.9 Å². The second-order valence-electron chi connectivity index (χ2n) is 8.24. The first kappa shape index (κ1) is 25.5. The van der Waals surface area contributed by atoms with Crippen LogP contribution in [0.5, 0.6) is 0 Å². The minimum absolute atomic E-state index is 0.0390. The molecule has 1 amide bonds. The van der Waals surface area contributed by atoms with Gasteiger partial charge >= 0.3 is 0 Å². The van der Waals surface area contributed by atoms with Gasteiger partial charge in [-0.15, -0.1) is 10.2 Å². The number of aliphatic hydroxyl groups excluding tert-OH is 1. The van der Waals surface area contributed by atoms with Gasteiger partial charge in [0.05, 0.1) is 5.57 Å². The minimum atomic E-state index is -1.24. The SMILES string of the molecule is O=C(/C=C/c1ccccc1)C1=C(O)C(=O)N(c2nnc(SCc3ccc(F)cc3)s2)C1c1ccccc1F. The zero-order valence-corrected chi connectivity index (χ0v) is 21.3. The van der Waals surface area contributed by atoms with Crippen molar-refractivity contribution in [1.29, 1.82) is 0 Å². The van der Waals surface area contributed by atoms with Crippen LogP contribution in [0.25, 0.3) is 6.08 Å². The third-order valence-electron chi connectivity index (χ3n) is 5.78. The van der Waals surface area contributed by atoms with E-state index in [1.807, 2.05) is 18.2 Å². The van der Waals surface area contributed by atoms with Crippen molar-refractivity contribution >= 4 is 46.0 Å². The third-order valence-corrected chi connectivity index (χ3v) is 7.90. The van der Waals surface area contributed by atoms with E-state index in [2.05, 4.69) is 10.2 Å². The van der Waals surface area contributed by atoms with Crippen molar-refractivity contribution in [2.75, 3.05) is 4.90 Å². The quantitative estimate of drug-likeness (QED) is 0.159. The standard InChI is InChI=1S/C28H19F2N3O3S2/c29-19-13-10-18(11-14-19)16-37-28-32-31-27(38-28)33-24(20-8-4-5-9-21(20)30)23(25(35)26(33)36)22(34)15-12-17-6-2-1-3-7-17/h1-15,24,35H,16H2/b15-12+. The third kappa shape index (κ3) is 5.27. The topological polar surface area (TPSA) is 83.4 Å². The van der Waals surface area contributed by atoms with Crippen LogP contribution >= 0.6 is 23.1 Å². The first-order chi connectivity index (χ1) is 18.4. The fourth-order valence-corrected chi connectivity index (χ4v) is 5.78. The maximum atomic E-state index is 15.0. The van der Waals surface area contributed by atoms with Crippen LogP contribution < -0.4 is 4.90 Å². The summed E-state index contributed by atoms with van der Waals surface area (Å²) in [6.45, 7) is 0. The van der Waals surface area contributed by atoms with Gasteiger partial charge in [-0.2, -0.15) is 0 Å². The summed E-state index contributed by atoms with van der Waals surface area (Å²) in [5, 5.41) is 19.1. The number of nitrogens with zero attached hydrogens (tertiary/aromatic N) is 3. The number of hydrogen-bond acceptors (Lipinski definition) is 7. The van der Waals surface area contributed by atoms with Gasteiger partial charge in [-0.3, -0.25) is 14.5 Å². The molecule has 0 spiro atoms. The molecule has 1 unspecified atom stereocenters. The lowest BCUT2D eigenvalue weighted by molar-refractivity contribution is -0.117. The molecule has 190 valence electrons. The smallest absolute Gasteiger partial charge is 0.296 e. The molecule has 0 saturated carbocycles. The van der Waals surface area contributed by atoms with Gasteiger partial charge in [0.2, 0.25) is 5.13 Å². The Kier molecular flexibility index (Phi) is 7.43. The van der Waals surface area contributed by atoms with Gasteiger partial charge in [0.1, 0.15) is 17.7 Å².